The molecule has 2 aromatic rings. The molecule has 0 radical (unpaired) electrons. The molecule has 122 valence electrons. The number of carbonyl (C=O) groups excluding carboxylic acids is 1. The molecule has 1 saturated heterocycles. The van der Waals surface area contributed by atoms with Crippen molar-refractivity contribution in [3.8, 4) is 0 Å². The highest BCUT2D eigenvalue weighted by Gasteiger charge is 2.38. The van der Waals surface area contributed by atoms with Gasteiger partial charge in [0.25, 0.3) is 0 Å². The number of aromatic nitrogens is 2. The monoisotopic (exact) mass is 313 g/mol. The van der Waals surface area contributed by atoms with E-state index in [0.29, 0.717) is 25.9 Å². The van der Waals surface area contributed by atoms with Crippen LogP contribution < -0.4 is 0 Å². The summed E-state index contributed by atoms with van der Waals surface area (Å²) in [5.74, 6) is -0.0256. The van der Waals surface area contributed by atoms with Gasteiger partial charge < -0.3 is 10.0 Å². The van der Waals surface area contributed by atoms with E-state index in [4.69, 9.17) is 0 Å². The normalized spacial score (nSPS) is 18.7. The van der Waals surface area contributed by atoms with E-state index >= 15 is 0 Å². The first-order valence-electron chi connectivity index (χ1n) is 8.06. The van der Waals surface area contributed by atoms with Gasteiger partial charge in [-0.1, -0.05) is 30.3 Å². The predicted octanol–water partition coefficient (Wildman–Crippen LogP) is 2.03. The fourth-order valence-electron chi connectivity index (χ4n) is 3.34. The Morgan fingerprint density at radius 1 is 1.22 bits per heavy atom. The van der Waals surface area contributed by atoms with Crippen molar-refractivity contribution in [3.63, 3.8) is 0 Å². The summed E-state index contributed by atoms with van der Waals surface area (Å²) in [5.41, 5.74) is 0.962. The summed E-state index contributed by atoms with van der Waals surface area (Å²) < 4.78 is 1.71. The fraction of sp³-hybridized carbons (Fsp3) is 0.444. The second kappa shape index (κ2) is 6.16. The molecule has 1 atom stereocenters. The first-order chi connectivity index (χ1) is 11.0. The number of aryl methyl sites for hydroxylation is 1. The zero-order valence-electron chi connectivity index (χ0n) is 13.6. The van der Waals surface area contributed by atoms with Crippen LogP contribution in [0.4, 0.5) is 0 Å². The first kappa shape index (κ1) is 15.7. The van der Waals surface area contributed by atoms with E-state index in [1.165, 1.54) is 0 Å². The molecule has 1 aliphatic rings. The molecule has 1 aliphatic heterocycles. The molecule has 1 amide bonds. The number of hydrogen-bond acceptors (Lipinski definition) is 3. The number of benzene rings is 1. The number of likely N-dealkylation sites (tertiary alicyclic amines) is 1. The van der Waals surface area contributed by atoms with Gasteiger partial charge in [-0.05, 0) is 31.4 Å². The molecule has 3 rings (SSSR count). The van der Waals surface area contributed by atoms with Crippen molar-refractivity contribution in [2.24, 2.45) is 7.05 Å². The van der Waals surface area contributed by atoms with E-state index in [0.717, 1.165) is 11.3 Å². The maximum absolute atomic E-state index is 12.7. The van der Waals surface area contributed by atoms with Gasteiger partial charge in [0.05, 0.1) is 11.6 Å². The van der Waals surface area contributed by atoms with Gasteiger partial charge >= 0.3 is 0 Å². The van der Waals surface area contributed by atoms with Gasteiger partial charge in [0.2, 0.25) is 5.91 Å². The second-order valence-corrected chi connectivity index (χ2v) is 6.33. The Bertz CT molecular complexity index is 673. The van der Waals surface area contributed by atoms with E-state index in [-0.39, 0.29) is 11.8 Å². The first-order valence-corrected chi connectivity index (χ1v) is 8.06. The van der Waals surface area contributed by atoms with Crippen LogP contribution in [0.3, 0.4) is 0 Å². The van der Waals surface area contributed by atoms with Gasteiger partial charge in [0.15, 0.2) is 0 Å². The minimum atomic E-state index is -0.891. The van der Waals surface area contributed by atoms with E-state index in [2.05, 4.69) is 5.10 Å². The molecular formula is C18H23N3O2. The van der Waals surface area contributed by atoms with E-state index in [1.54, 1.807) is 10.9 Å². The van der Waals surface area contributed by atoms with Crippen molar-refractivity contribution in [3.05, 3.63) is 53.9 Å². The Hall–Kier alpha value is -2.14. The number of piperidine rings is 1. The van der Waals surface area contributed by atoms with Crippen LogP contribution in [-0.2, 0) is 17.4 Å². The Morgan fingerprint density at radius 3 is 2.43 bits per heavy atom. The number of carbonyl (C=O) groups is 1. The second-order valence-electron chi connectivity index (χ2n) is 6.33. The molecule has 2 heterocycles. The molecule has 1 fully saturated rings. The van der Waals surface area contributed by atoms with Crippen LogP contribution in [0.1, 0.15) is 36.9 Å². The molecule has 1 aromatic carbocycles. The van der Waals surface area contributed by atoms with Gasteiger partial charge in [-0.25, -0.2) is 0 Å². The topological polar surface area (TPSA) is 58.4 Å². The van der Waals surface area contributed by atoms with Gasteiger partial charge in [0.1, 0.15) is 5.60 Å². The summed E-state index contributed by atoms with van der Waals surface area (Å²) in [6.45, 7) is 3.08. The lowest BCUT2D eigenvalue weighted by Crippen LogP contribution is -2.47. The van der Waals surface area contributed by atoms with Gasteiger partial charge in [-0.2, -0.15) is 5.10 Å². The molecular weight excluding hydrogens is 290 g/mol. The third-order valence-electron chi connectivity index (χ3n) is 4.87. The van der Waals surface area contributed by atoms with Crippen molar-refractivity contribution < 1.29 is 9.90 Å². The van der Waals surface area contributed by atoms with Crippen LogP contribution in [0.5, 0.6) is 0 Å². The highest BCUT2D eigenvalue weighted by Crippen LogP contribution is 2.33. The SMILES string of the molecule is CC(C(=O)N1CCC(O)(c2ccnn2C)CC1)c1ccccc1. The quantitative estimate of drug-likeness (QED) is 0.943. The van der Waals surface area contributed by atoms with Crippen LogP contribution in [0, 0.1) is 0 Å². The van der Waals surface area contributed by atoms with Crippen molar-refractivity contribution in [2.45, 2.75) is 31.3 Å². The standard InChI is InChI=1S/C18H23N3O2/c1-14(15-6-4-3-5-7-15)17(22)21-12-9-18(23,10-13-21)16-8-11-19-20(16)2/h3-8,11,14,23H,9-10,12-13H2,1-2H3. The van der Waals surface area contributed by atoms with Gasteiger partial charge in [-0.15, -0.1) is 0 Å². The van der Waals surface area contributed by atoms with Crippen LogP contribution in [-0.4, -0.2) is 38.8 Å². The largest absolute Gasteiger partial charge is 0.383 e. The van der Waals surface area contributed by atoms with E-state index < -0.39 is 5.60 Å². The molecule has 0 saturated carbocycles. The molecule has 0 aliphatic carbocycles. The molecule has 23 heavy (non-hydrogen) atoms. The molecule has 5 nitrogen and oxygen atoms in total. The number of rotatable bonds is 3. The summed E-state index contributed by atoms with van der Waals surface area (Å²) in [6.07, 6.45) is 2.78. The average molecular weight is 313 g/mol. The molecule has 0 spiro atoms. The Labute approximate surface area is 136 Å². The fourth-order valence-corrected chi connectivity index (χ4v) is 3.34. The van der Waals surface area contributed by atoms with Gasteiger partial charge in [0, 0.05) is 26.3 Å². The lowest BCUT2D eigenvalue weighted by Gasteiger charge is -2.39. The van der Waals surface area contributed by atoms with Crippen LogP contribution >= 0.6 is 0 Å². The lowest BCUT2D eigenvalue weighted by atomic mass is 9.87. The maximum atomic E-state index is 12.7. The highest BCUT2D eigenvalue weighted by atomic mass is 16.3. The maximum Gasteiger partial charge on any atom is 0.229 e. The summed E-state index contributed by atoms with van der Waals surface area (Å²) >= 11 is 0. The van der Waals surface area contributed by atoms with Gasteiger partial charge in [-0.3, -0.25) is 9.48 Å². The number of amides is 1. The Kier molecular flexibility index (Phi) is 4.22. The van der Waals surface area contributed by atoms with Crippen LogP contribution in [0.25, 0.3) is 0 Å². The van der Waals surface area contributed by atoms with E-state index in [1.807, 2.05) is 55.3 Å². The zero-order valence-corrected chi connectivity index (χ0v) is 13.6. The Morgan fingerprint density at radius 2 is 1.87 bits per heavy atom. The Balaban J connectivity index is 1.67. The molecule has 0 bridgehead atoms. The van der Waals surface area contributed by atoms with Crippen molar-refractivity contribution in [1.29, 1.82) is 0 Å². The van der Waals surface area contributed by atoms with Crippen molar-refractivity contribution in [1.82, 2.24) is 14.7 Å². The van der Waals surface area contributed by atoms with Crippen molar-refractivity contribution >= 4 is 5.91 Å². The highest BCUT2D eigenvalue weighted by molar-refractivity contribution is 5.83. The summed E-state index contributed by atoms with van der Waals surface area (Å²) in [7, 11) is 1.84. The summed E-state index contributed by atoms with van der Waals surface area (Å²) in [5, 5.41) is 15.0. The third kappa shape index (κ3) is 3.01. The number of nitrogens with zero attached hydrogens (tertiary/aromatic N) is 3. The summed E-state index contributed by atoms with van der Waals surface area (Å²) in [6, 6.07) is 11.7. The minimum absolute atomic E-state index is 0.128. The molecule has 5 heteroatoms. The predicted molar refractivity (Wildman–Crippen MR) is 87.8 cm³/mol. The molecule has 1 aromatic heterocycles. The lowest BCUT2D eigenvalue weighted by molar-refractivity contribution is -0.137. The van der Waals surface area contributed by atoms with Crippen LogP contribution in [0.15, 0.2) is 42.6 Å². The smallest absolute Gasteiger partial charge is 0.229 e. The van der Waals surface area contributed by atoms with E-state index in [9.17, 15) is 9.90 Å². The third-order valence-corrected chi connectivity index (χ3v) is 4.87. The molecule has 1 unspecified atom stereocenters. The average Bonchev–Trinajstić information content (AvgIpc) is 3.02. The minimum Gasteiger partial charge on any atom is -0.383 e. The number of hydrogen-bond donors (Lipinski definition) is 1. The summed E-state index contributed by atoms with van der Waals surface area (Å²) in [4.78, 5) is 14.6. The van der Waals surface area contributed by atoms with Crippen LogP contribution in [0.2, 0.25) is 0 Å². The van der Waals surface area contributed by atoms with Crippen molar-refractivity contribution in [2.75, 3.05) is 13.1 Å². The number of aliphatic hydroxyl groups is 1. The molecule has 1 N–H and O–H groups in total. The zero-order chi connectivity index (χ0) is 16.4.